The molecule has 1 amide bonds. The van der Waals surface area contributed by atoms with Crippen molar-refractivity contribution in [1.29, 1.82) is 0 Å². The van der Waals surface area contributed by atoms with Crippen molar-refractivity contribution in [3.63, 3.8) is 0 Å². The van der Waals surface area contributed by atoms with Crippen LogP contribution in [0.1, 0.15) is 63.5 Å². The molecule has 2 unspecified atom stereocenters. The van der Waals surface area contributed by atoms with Crippen LogP contribution in [-0.2, 0) is 17.9 Å². The Morgan fingerprint density at radius 2 is 1.79 bits per heavy atom. The molecule has 2 aliphatic rings. The number of nitrogens with zero attached hydrogens (tertiary/aromatic N) is 1. The van der Waals surface area contributed by atoms with Crippen molar-refractivity contribution in [2.75, 3.05) is 13.1 Å². The third-order valence-electron chi connectivity index (χ3n) is 6.41. The van der Waals surface area contributed by atoms with Gasteiger partial charge in [-0.15, -0.1) is 24.8 Å². The number of carbonyl (C=O) groups is 1. The van der Waals surface area contributed by atoms with Crippen molar-refractivity contribution in [3.8, 4) is 0 Å². The summed E-state index contributed by atoms with van der Waals surface area (Å²) in [5.74, 6) is 0.908. The molecular weight excluding hydrogens is 393 g/mol. The quantitative estimate of drug-likeness (QED) is 0.733. The molecule has 1 aromatic carbocycles. The molecule has 2 atom stereocenters. The van der Waals surface area contributed by atoms with E-state index in [0.717, 1.165) is 38.1 Å². The number of benzene rings is 1. The van der Waals surface area contributed by atoms with Gasteiger partial charge in [-0.05, 0) is 62.7 Å². The molecule has 1 saturated heterocycles. The number of rotatable bonds is 5. The minimum Gasteiger partial charge on any atom is -0.352 e. The van der Waals surface area contributed by atoms with Crippen LogP contribution in [0.3, 0.4) is 0 Å². The highest BCUT2D eigenvalue weighted by atomic mass is 35.5. The van der Waals surface area contributed by atoms with Gasteiger partial charge in [-0.3, -0.25) is 9.69 Å². The number of carbonyl (C=O) groups excluding carboxylic acids is 1. The molecule has 1 aliphatic carbocycles. The van der Waals surface area contributed by atoms with Crippen LogP contribution in [0, 0.1) is 11.8 Å². The number of hydrogen-bond donors (Lipinski definition) is 2. The van der Waals surface area contributed by atoms with Gasteiger partial charge in [0, 0.05) is 18.6 Å². The first-order chi connectivity index (χ1) is 12.5. The van der Waals surface area contributed by atoms with E-state index in [-0.39, 0.29) is 42.2 Å². The SMILES string of the molecule is CC1CCN(Cc2ccccc2CNC(=O)C2CCCCC2(C)N)CC1.Cl.Cl. The van der Waals surface area contributed by atoms with E-state index in [4.69, 9.17) is 5.73 Å². The zero-order chi connectivity index (χ0) is 18.6. The van der Waals surface area contributed by atoms with Crippen LogP contribution < -0.4 is 11.1 Å². The lowest BCUT2D eigenvalue weighted by atomic mass is 9.74. The maximum absolute atomic E-state index is 12.7. The third-order valence-corrected chi connectivity index (χ3v) is 6.41. The standard InChI is InChI=1S/C22H35N3O.2ClH/c1-17-10-13-25(14-11-17)16-19-8-4-3-7-18(19)15-24-21(26)20-9-5-6-12-22(20,2)23;;/h3-4,7-8,17,20H,5-6,9-16,23H2,1-2H3,(H,24,26);2*1H. The summed E-state index contributed by atoms with van der Waals surface area (Å²) in [7, 11) is 0. The lowest BCUT2D eigenvalue weighted by Crippen LogP contribution is -2.52. The van der Waals surface area contributed by atoms with Gasteiger partial charge >= 0.3 is 0 Å². The third kappa shape index (κ3) is 6.62. The Morgan fingerprint density at radius 1 is 1.14 bits per heavy atom. The van der Waals surface area contributed by atoms with Gasteiger partial charge in [0.2, 0.25) is 5.91 Å². The Hall–Kier alpha value is -0.810. The first-order valence-electron chi connectivity index (χ1n) is 10.3. The van der Waals surface area contributed by atoms with Gasteiger partial charge in [-0.25, -0.2) is 0 Å². The molecule has 0 aromatic heterocycles. The number of amides is 1. The molecule has 0 radical (unpaired) electrons. The summed E-state index contributed by atoms with van der Waals surface area (Å²) in [6.07, 6.45) is 6.66. The molecule has 1 aromatic rings. The molecule has 1 heterocycles. The van der Waals surface area contributed by atoms with Crippen LogP contribution in [0.4, 0.5) is 0 Å². The van der Waals surface area contributed by atoms with Crippen molar-refractivity contribution in [3.05, 3.63) is 35.4 Å². The van der Waals surface area contributed by atoms with Gasteiger partial charge in [0.15, 0.2) is 0 Å². The van der Waals surface area contributed by atoms with Crippen molar-refractivity contribution in [1.82, 2.24) is 10.2 Å². The molecule has 1 saturated carbocycles. The predicted octanol–water partition coefficient (Wildman–Crippen LogP) is 4.29. The van der Waals surface area contributed by atoms with Crippen LogP contribution in [-0.4, -0.2) is 29.4 Å². The average molecular weight is 430 g/mol. The van der Waals surface area contributed by atoms with Gasteiger partial charge in [-0.1, -0.05) is 44.0 Å². The number of nitrogens with two attached hydrogens (primary N) is 1. The Morgan fingerprint density at radius 3 is 2.43 bits per heavy atom. The molecule has 6 heteroatoms. The smallest absolute Gasteiger partial charge is 0.225 e. The summed E-state index contributed by atoms with van der Waals surface area (Å²) >= 11 is 0. The molecule has 1 aliphatic heterocycles. The van der Waals surface area contributed by atoms with E-state index in [0.29, 0.717) is 6.54 Å². The van der Waals surface area contributed by atoms with Crippen LogP contribution >= 0.6 is 24.8 Å². The lowest BCUT2D eigenvalue weighted by molar-refractivity contribution is -0.128. The lowest BCUT2D eigenvalue weighted by Gasteiger charge is -2.37. The van der Waals surface area contributed by atoms with E-state index >= 15 is 0 Å². The Labute approximate surface area is 182 Å². The largest absolute Gasteiger partial charge is 0.352 e. The normalized spacial score (nSPS) is 26.0. The fraction of sp³-hybridized carbons (Fsp3) is 0.682. The number of hydrogen-bond acceptors (Lipinski definition) is 3. The van der Waals surface area contributed by atoms with Crippen molar-refractivity contribution >= 4 is 30.7 Å². The minimum atomic E-state index is -0.369. The Bertz CT molecular complexity index is 616. The second-order valence-electron chi connectivity index (χ2n) is 8.75. The van der Waals surface area contributed by atoms with E-state index < -0.39 is 0 Å². The maximum atomic E-state index is 12.7. The molecule has 3 rings (SSSR count). The first kappa shape index (κ1) is 25.2. The zero-order valence-electron chi connectivity index (χ0n) is 17.3. The summed E-state index contributed by atoms with van der Waals surface area (Å²) in [6, 6.07) is 8.51. The average Bonchev–Trinajstić information content (AvgIpc) is 2.62. The van der Waals surface area contributed by atoms with Gasteiger partial charge in [0.1, 0.15) is 0 Å². The summed E-state index contributed by atoms with van der Waals surface area (Å²) in [6.45, 7) is 8.31. The molecule has 0 spiro atoms. The van der Waals surface area contributed by atoms with Crippen LogP contribution in [0.2, 0.25) is 0 Å². The number of likely N-dealkylation sites (tertiary alicyclic amines) is 1. The van der Waals surface area contributed by atoms with Gasteiger partial charge < -0.3 is 11.1 Å². The highest BCUT2D eigenvalue weighted by molar-refractivity contribution is 5.85. The van der Waals surface area contributed by atoms with Crippen LogP contribution in [0.5, 0.6) is 0 Å². The second-order valence-corrected chi connectivity index (χ2v) is 8.75. The summed E-state index contributed by atoms with van der Waals surface area (Å²) < 4.78 is 0. The maximum Gasteiger partial charge on any atom is 0.225 e. The predicted molar refractivity (Wildman–Crippen MR) is 121 cm³/mol. The fourth-order valence-electron chi connectivity index (χ4n) is 4.44. The van der Waals surface area contributed by atoms with E-state index in [1.165, 1.54) is 37.1 Å². The summed E-state index contributed by atoms with van der Waals surface area (Å²) in [5.41, 5.74) is 8.59. The van der Waals surface area contributed by atoms with Crippen molar-refractivity contribution in [2.24, 2.45) is 17.6 Å². The summed E-state index contributed by atoms with van der Waals surface area (Å²) in [4.78, 5) is 15.3. The molecule has 2 fully saturated rings. The highest BCUT2D eigenvalue weighted by Gasteiger charge is 2.37. The molecule has 28 heavy (non-hydrogen) atoms. The molecular formula is C22H37Cl2N3O. The van der Waals surface area contributed by atoms with Crippen LogP contribution in [0.15, 0.2) is 24.3 Å². The number of piperidine rings is 1. The fourth-order valence-corrected chi connectivity index (χ4v) is 4.44. The summed E-state index contributed by atoms with van der Waals surface area (Å²) in [5, 5.41) is 3.17. The topological polar surface area (TPSA) is 58.4 Å². The van der Waals surface area contributed by atoms with Crippen LogP contribution in [0.25, 0.3) is 0 Å². The van der Waals surface area contributed by atoms with E-state index in [1.54, 1.807) is 0 Å². The highest BCUT2D eigenvalue weighted by Crippen LogP contribution is 2.31. The van der Waals surface area contributed by atoms with E-state index in [9.17, 15) is 4.79 Å². The molecule has 4 nitrogen and oxygen atoms in total. The van der Waals surface area contributed by atoms with E-state index in [2.05, 4.69) is 41.4 Å². The first-order valence-corrected chi connectivity index (χ1v) is 10.3. The Kier molecular flexibility index (Phi) is 10.3. The van der Waals surface area contributed by atoms with Crippen molar-refractivity contribution in [2.45, 2.75) is 71.0 Å². The van der Waals surface area contributed by atoms with Crippen molar-refractivity contribution < 1.29 is 4.79 Å². The Balaban J connectivity index is 0.00000196. The number of halogens is 2. The van der Waals surface area contributed by atoms with Gasteiger partial charge in [0.05, 0.1) is 5.92 Å². The number of nitrogens with one attached hydrogen (secondary N) is 1. The minimum absolute atomic E-state index is 0. The molecule has 3 N–H and O–H groups in total. The second kappa shape index (κ2) is 11.4. The van der Waals surface area contributed by atoms with E-state index in [1.807, 2.05) is 6.92 Å². The van der Waals surface area contributed by atoms with Gasteiger partial charge in [0.25, 0.3) is 0 Å². The monoisotopic (exact) mass is 429 g/mol. The van der Waals surface area contributed by atoms with Gasteiger partial charge in [-0.2, -0.15) is 0 Å². The zero-order valence-corrected chi connectivity index (χ0v) is 18.9. The molecule has 0 bridgehead atoms. The molecule has 160 valence electrons.